The van der Waals surface area contributed by atoms with Crippen molar-refractivity contribution in [2.24, 2.45) is 11.3 Å². The molecule has 1 aromatic carbocycles. The number of carboxylic acid groups (broad SMARTS) is 1. The van der Waals surface area contributed by atoms with E-state index in [1.165, 1.54) is 0 Å². The number of aliphatic carboxylic acids is 1. The quantitative estimate of drug-likeness (QED) is 0.343. The zero-order valence-electron chi connectivity index (χ0n) is 18.5. The van der Waals surface area contributed by atoms with Crippen molar-refractivity contribution in [1.29, 1.82) is 0 Å². The highest BCUT2D eigenvalue weighted by atomic mass is 16.4. The van der Waals surface area contributed by atoms with Crippen LogP contribution in [0.2, 0.25) is 0 Å². The van der Waals surface area contributed by atoms with Crippen LogP contribution in [-0.2, 0) is 9.59 Å². The SMILES string of the molecule is CCCC1(C(O)c2cccc(C3C(O)CC(=O)C3C/C=C/CCCC(=O)O)c2)CCC1. The van der Waals surface area contributed by atoms with Crippen molar-refractivity contribution in [3.63, 3.8) is 0 Å². The first-order chi connectivity index (χ1) is 14.9. The molecule has 0 amide bonds. The van der Waals surface area contributed by atoms with Crippen LogP contribution < -0.4 is 0 Å². The number of carboxylic acids is 1. The van der Waals surface area contributed by atoms with Crippen LogP contribution in [0, 0.1) is 11.3 Å². The summed E-state index contributed by atoms with van der Waals surface area (Å²) in [7, 11) is 0. The second-order valence-corrected chi connectivity index (χ2v) is 9.40. The Morgan fingerprint density at radius 2 is 2.06 bits per heavy atom. The number of hydrogen-bond acceptors (Lipinski definition) is 4. The minimum atomic E-state index is -0.799. The maximum Gasteiger partial charge on any atom is 0.303 e. The summed E-state index contributed by atoms with van der Waals surface area (Å²) in [5, 5.41) is 30.5. The highest BCUT2D eigenvalue weighted by Crippen LogP contribution is 2.53. The molecule has 0 aliphatic heterocycles. The van der Waals surface area contributed by atoms with E-state index < -0.39 is 18.2 Å². The van der Waals surface area contributed by atoms with Crippen LogP contribution in [0.5, 0.6) is 0 Å². The van der Waals surface area contributed by atoms with E-state index in [1.807, 2.05) is 36.4 Å². The fourth-order valence-electron chi connectivity index (χ4n) is 5.50. The lowest BCUT2D eigenvalue weighted by atomic mass is 9.61. The van der Waals surface area contributed by atoms with E-state index in [0.29, 0.717) is 19.3 Å². The standard InChI is InChI=1S/C26H36O5/c1-2-13-26(14-8-15-26)25(31)19-10-7-9-18(16-19)24-20(21(27)17-22(24)28)11-5-3-4-6-12-23(29)30/h3,5,7,9-10,16,20,22,24-25,28,31H,2,4,6,8,11-15,17H2,1H3,(H,29,30)/b5-3+. The molecule has 4 atom stereocenters. The maximum absolute atomic E-state index is 12.6. The first-order valence-electron chi connectivity index (χ1n) is 11.7. The van der Waals surface area contributed by atoms with Gasteiger partial charge in [0.25, 0.3) is 0 Å². The first kappa shape index (κ1) is 23.7. The Balaban J connectivity index is 1.72. The zero-order chi connectivity index (χ0) is 22.4. The van der Waals surface area contributed by atoms with E-state index in [9.17, 15) is 19.8 Å². The third kappa shape index (κ3) is 5.45. The number of carbonyl (C=O) groups excluding carboxylic acids is 1. The molecule has 4 unspecified atom stereocenters. The van der Waals surface area contributed by atoms with E-state index >= 15 is 0 Å². The number of Topliss-reactive ketones (excluding diaryl/α,β-unsaturated/α-hetero) is 1. The highest BCUT2D eigenvalue weighted by molar-refractivity contribution is 5.85. The third-order valence-corrected chi connectivity index (χ3v) is 7.28. The van der Waals surface area contributed by atoms with Crippen molar-refractivity contribution in [3.05, 3.63) is 47.5 Å². The molecule has 5 nitrogen and oxygen atoms in total. The molecule has 5 heteroatoms. The molecular formula is C26H36O5. The van der Waals surface area contributed by atoms with Crippen LogP contribution in [0.4, 0.5) is 0 Å². The summed E-state index contributed by atoms with van der Waals surface area (Å²) in [5.41, 5.74) is 1.78. The molecule has 3 N–H and O–H groups in total. The normalized spacial score (nSPS) is 26.2. The van der Waals surface area contributed by atoms with Crippen LogP contribution >= 0.6 is 0 Å². The van der Waals surface area contributed by atoms with Gasteiger partial charge in [-0.3, -0.25) is 9.59 Å². The maximum atomic E-state index is 12.6. The minimum Gasteiger partial charge on any atom is -0.481 e. The monoisotopic (exact) mass is 428 g/mol. The molecule has 2 aliphatic carbocycles. The predicted molar refractivity (Wildman–Crippen MR) is 120 cm³/mol. The number of hydrogen-bond donors (Lipinski definition) is 3. The lowest BCUT2D eigenvalue weighted by Crippen LogP contribution is -2.36. The van der Waals surface area contributed by atoms with Gasteiger partial charge >= 0.3 is 5.97 Å². The molecule has 170 valence electrons. The number of unbranched alkanes of at least 4 members (excludes halogenated alkanes) is 1. The minimum absolute atomic E-state index is 0.0322. The van der Waals surface area contributed by atoms with Crippen molar-refractivity contribution in [3.8, 4) is 0 Å². The summed E-state index contributed by atoms with van der Waals surface area (Å²) in [6.07, 6.45) is 10.1. The highest BCUT2D eigenvalue weighted by Gasteiger charge is 2.44. The lowest BCUT2D eigenvalue weighted by Gasteiger charge is -2.46. The molecule has 2 saturated carbocycles. The fraction of sp³-hybridized carbons (Fsp3) is 0.615. The molecule has 3 rings (SSSR count). The topological polar surface area (TPSA) is 94.8 Å². The molecular weight excluding hydrogens is 392 g/mol. The number of allylic oxidation sites excluding steroid dienone is 2. The lowest BCUT2D eigenvalue weighted by molar-refractivity contribution is -0.137. The number of aliphatic hydroxyl groups excluding tert-OH is 2. The Kier molecular flexibility index (Phi) is 8.06. The van der Waals surface area contributed by atoms with Gasteiger partial charge in [0.15, 0.2) is 0 Å². The van der Waals surface area contributed by atoms with E-state index in [1.54, 1.807) is 0 Å². The molecule has 0 spiro atoms. The fourth-order valence-corrected chi connectivity index (χ4v) is 5.50. The second-order valence-electron chi connectivity index (χ2n) is 9.40. The van der Waals surface area contributed by atoms with Crippen molar-refractivity contribution < 1.29 is 24.9 Å². The van der Waals surface area contributed by atoms with Gasteiger partial charge in [-0.25, -0.2) is 0 Å². The van der Waals surface area contributed by atoms with E-state index in [4.69, 9.17) is 5.11 Å². The summed E-state index contributed by atoms with van der Waals surface area (Å²) in [4.78, 5) is 23.2. The van der Waals surface area contributed by atoms with E-state index in [2.05, 4.69) is 6.92 Å². The number of rotatable bonds is 11. The Bertz CT molecular complexity index is 795. The second kappa shape index (κ2) is 10.6. The average molecular weight is 429 g/mol. The van der Waals surface area contributed by atoms with Crippen molar-refractivity contribution in [2.75, 3.05) is 0 Å². The molecule has 0 bridgehead atoms. The summed E-state index contributed by atoms with van der Waals surface area (Å²) >= 11 is 0. The summed E-state index contributed by atoms with van der Waals surface area (Å²) in [5.74, 6) is -1.29. The number of ketones is 1. The average Bonchev–Trinajstić information content (AvgIpc) is 2.99. The van der Waals surface area contributed by atoms with Crippen LogP contribution in [0.3, 0.4) is 0 Å². The van der Waals surface area contributed by atoms with Gasteiger partial charge in [-0.2, -0.15) is 0 Å². The van der Waals surface area contributed by atoms with Gasteiger partial charge in [0.05, 0.1) is 12.2 Å². The van der Waals surface area contributed by atoms with Crippen LogP contribution in [0.25, 0.3) is 0 Å². The van der Waals surface area contributed by atoms with Gasteiger partial charge < -0.3 is 15.3 Å². The Hall–Kier alpha value is -1.98. The van der Waals surface area contributed by atoms with Crippen LogP contribution in [-0.4, -0.2) is 33.2 Å². The van der Waals surface area contributed by atoms with Gasteiger partial charge in [0.2, 0.25) is 0 Å². The molecule has 1 aromatic rings. The molecule has 0 heterocycles. The Labute approximate surface area is 185 Å². The summed E-state index contributed by atoms with van der Waals surface area (Å²) in [6.45, 7) is 2.16. The van der Waals surface area contributed by atoms with Crippen LogP contribution in [0.1, 0.15) is 94.3 Å². The van der Waals surface area contributed by atoms with Crippen LogP contribution in [0.15, 0.2) is 36.4 Å². The number of aliphatic hydroxyl groups is 2. The number of benzene rings is 1. The van der Waals surface area contributed by atoms with Gasteiger partial charge in [-0.05, 0) is 49.7 Å². The van der Waals surface area contributed by atoms with Crippen molar-refractivity contribution >= 4 is 11.8 Å². The third-order valence-electron chi connectivity index (χ3n) is 7.28. The molecule has 0 aromatic heterocycles. The molecule has 2 fully saturated rings. The van der Waals surface area contributed by atoms with Crippen molar-refractivity contribution in [1.82, 2.24) is 0 Å². The molecule has 2 aliphatic rings. The largest absolute Gasteiger partial charge is 0.481 e. The van der Waals surface area contributed by atoms with Gasteiger partial charge in [0, 0.05) is 30.1 Å². The van der Waals surface area contributed by atoms with Gasteiger partial charge in [-0.1, -0.05) is 56.2 Å². The molecule has 31 heavy (non-hydrogen) atoms. The Morgan fingerprint density at radius 3 is 2.71 bits per heavy atom. The van der Waals surface area contributed by atoms with Gasteiger partial charge in [-0.15, -0.1) is 0 Å². The first-order valence-corrected chi connectivity index (χ1v) is 11.7. The van der Waals surface area contributed by atoms with E-state index in [-0.39, 0.29) is 35.9 Å². The number of carbonyl (C=O) groups is 2. The summed E-state index contributed by atoms with van der Waals surface area (Å²) < 4.78 is 0. The van der Waals surface area contributed by atoms with Crippen molar-refractivity contribution in [2.45, 2.75) is 89.3 Å². The Morgan fingerprint density at radius 1 is 1.29 bits per heavy atom. The smallest absolute Gasteiger partial charge is 0.303 e. The predicted octanol–water partition coefficient (Wildman–Crippen LogP) is 4.93. The molecule has 0 saturated heterocycles. The van der Waals surface area contributed by atoms with Gasteiger partial charge in [0.1, 0.15) is 5.78 Å². The summed E-state index contributed by atoms with van der Waals surface area (Å²) in [6, 6.07) is 7.85. The molecule has 0 radical (unpaired) electrons. The zero-order valence-corrected chi connectivity index (χ0v) is 18.5. The van der Waals surface area contributed by atoms with E-state index in [0.717, 1.165) is 43.2 Å².